The molecule has 0 unspecified atom stereocenters. The molecular formula is C34H34F7N3O5S. The average molecular weight is 730 g/mol. The lowest BCUT2D eigenvalue weighted by atomic mass is 9.78. The van der Waals surface area contributed by atoms with Gasteiger partial charge in [0, 0.05) is 43.6 Å². The van der Waals surface area contributed by atoms with Gasteiger partial charge in [0.1, 0.15) is 22.1 Å². The molecule has 5 rings (SSSR count). The third-order valence-electron chi connectivity index (χ3n) is 9.11. The smallest absolute Gasteiger partial charge is 0.425 e. The molecule has 1 saturated heterocycles. The minimum absolute atomic E-state index is 0.0185. The van der Waals surface area contributed by atoms with Crippen molar-refractivity contribution < 1.29 is 55.0 Å². The summed E-state index contributed by atoms with van der Waals surface area (Å²) in [6.07, 6.45) is -8.22. The predicted octanol–water partition coefficient (Wildman–Crippen LogP) is 7.92. The fraction of sp³-hybridized carbons (Fsp3) is 0.471. The first-order chi connectivity index (χ1) is 23.6. The summed E-state index contributed by atoms with van der Waals surface area (Å²) in [5.41, 5.74) is -3.12. The molecule has 0 aliphatic carbocycles. The Bertz CT molecular complexity index is 1730. The van der Waals surface area contributed by atoms with Gasteiger partial charge in [0.2, 0.25) is 5.60 Å². The van der Waals surface area contributed by atoms with E-state index in [0.29, 0.717) is 29.4 Å². The van der Waals surface area contributed by atoms with Crippen molar-refractivity contribution >= 4 is 29.1 Å². The number of fused-ring (bicyclic) bond motifs is 1. The normalized spacial score (nSPS) is 21.1. The van der Waals surface area contributed by atoms with Gasteiger partial charge >= 0.3 is 18.3 Å². The van der Waals surface area contributed by atoms with Gasteiger partial charge in [-0.3, -0.25) is 19.4 Å². The molecule has 16 heteroatoms. The Balaban J connectivity index is 1.64. The molecule has 2 amide bonds. The van der Waals surface area contributed by atoms with E-state index < -0.39 is 69.8 Å². The number of hydrogen-bond donors (Lipinski definition) is 1. The van der Waals surface area contributed by atoms with Crippen molar-refractivity contribution in [1.82, 2.24) is 14.8 Å². The molecule has 270 valence electrons. The number of rotatable bonds is 10. The topological polar surface area (TPSA) is 100 Å². The second kappa shape index (κ2) is 14.6. The summed E-state index contributed by atoms with van der Waals surface area (Å²) in [4.78, 5) is 45.8. The summed E-state index contributed by atoms with van der Waals surface area (Å²) in [6, 6.07) is 4.44. The van der Waals surface area contributed by atoms with Gasteiger partial charge < -0.3 is 19.6 Å². The average Bonchev–Trinajstić information content (AvgIpc) is 3.54. The second-order valence-corrected chi connectivity index (χ2v) is 13.2. The Morgan fingerprint density at radius 1 is 1.04 bits per heavy atom. The minimum atomic E-state index is -4.94. The molecule has 2 aliphatic rings. The molecule has 3 atom stereocenters. The zero-order chi connectivity index (χ0) is 36.4. The van der Waals surface area contributed by atoms with Gasteiger partial charge in [0.05, 0.1) is 17.6 Å². The molecule has 0 radical (unpaired) electrons. The Morgan fingerprint density at radius 3 is 2.46 bits per heavy atom. The van der Waals surface area contributed by atoms with E-state index in [2.05, 4.69) is 4.98 Å². The largest absolute Gasteiger partial charge is 0.481 e. The number of carbonyl (C=O) groups excluding carboxylic acids is 2. The third-order valence-corrected chi connectivity index (χ3v) is 10.1. The summed E-state index contributed by atoms with van der Waals surface area (Å²) in [5.74, 6) is -3.87. The fourth-order valence-corrected chi connectivity index (χ4v) is 7.67. The number of aliphatic carboxylic acids is 1. The Morgan fingerprint density at radius 2 is 1.80 bits per heavy atom. The maximum atomic E-state index is 15.1. The Hall–Kier alpha value is -4.21. The lowest BCUT2D eigenvalue weighted by molar-refractivity contribution is -0.162. The summed E-state index contributed by atoms with van der Waals surface area (Å²) in [6.45, 7) is 1.67. The lowest BCUT2D eigenvalue weighted by Gasteiger charge is -2.51. The Kier molecular flexibility index (Phi) is 10.8. The number of amides is 2. The van der Waals surface area contributed by atoms with Crippen molar-refractivity contribution in [3.05, 3.63) is 81.1 Å². The number of likely N-dealkylation sites (tertiary alicyclic amines) is 1. The van der Waals surface area contributed by atoms with E-state index in [1.165, 1.54) is 17.0 Å². The molecule has 2 aliphatic heterocycles. The minimum Gasteiger partial charge on any atom is -0.481 e. The quantitative estimate of drug-likeness (QED) is 0.213. The van der Waals surface area contributed by atoms with Gasteiger partial charge in [-0.2, -0.15) is 26.3 Å². The first-order valence-electron chi connectivity index (χ1n) is 16.1. The highest BCUT2D eigenvalue weighted by Gasteiger charge is 2.57. The van der Waals surface area contributed by atoms with E-state index in [4.69, 9.17) is 4.74 Å². The molecule has 1 aromatic carbocycles. The molecule has 3 aromatic rings. The van der Waals surface area contributed by atoms with E-state index in [1.54, 1.807) is 13.0 Å². The molecule has 50 heavy (non-hydrogen) atoms. The summed E-state index contributed by atoms with van der Waals surface area (Å²) in [7, 11) is 0. The number of aromatic nitrogens is 1. The Labute approximate surface area is 286 Å². The number of alkyl halides is 6. The summed E-state index contributed by atoms with van der Waals surface area (Å²) >= 11 is 0.333. The molecule has 0 saturated carbocycles. The fourth-order valence-electron chi connectivity index (χ4n) is 6.99. The van der Waals surface area contributed by atoms with Crippen molar-refractivity contribution in [2.45, 2.75) is 88.3 Å². The van der Waals surface area contributed by atoms with Crippen LogP contribution in [-0.4, -0.2) is 62.4 Å². The van der Waals surface area contributed by atoms with E-state index >= 15 is 4.79 Å². The van der Waals surface area contributed by atoms with Crippen LogP contribution in [0.15, 0.2) is 48.0 Å². The number of pyridine rings is 1. The monoisotopic (exact) mass is 729 g/mol. The van der Waals surface area contributed by atoms with Crippen molar-refractivity contribution in [1.29, 1.82) is 0 Å². The van der Waals surface area contributed by atoms with Gasteiger partial charge in [-0.15, -0.1) is 11.3 Å². The molecule has 1 N–H and O–H groups in total. The highest BCUT2D eigenvalue weighted by atomic mass is 32.1. The van der Waals surface area contributed by atoms with Crippen LogP contribution < -0.4 is 4.74 Å². The number of carboxylic acids is 1. The third kappa shape index (κ3) is 7.59. The summed E-state index contributed by atoms with van der Waals surface area (Å²) < 4.78 is 104. The van der Waals surface area contributed by atoms with Gasteiger partial charge in [-0.1, -0.05) is 19.4 Å². The molecule has 2 aromatic heterocycles. The van der Waals surface area contributed by atoms with Crippen molar-refractivity contribution in [2.24, 2.45) is 0 Å². The first kappa shape index (κ1) is 37.1. The molecule has 4 heterocycles. The van der Waals surface area contributed by atoms with E-state index in [0.717, 1.165) is 34.2 Å². The molecule has 0 bridgehead atoms. The second-order valence-electron chi connectivity index (χ2n) is 12.3. The van der Waals surface area contributed by atoms with Gasteiger partial charge in [-0.25, -0.2) is 4.39 Å². The van der Waals surface area contributed by atoms with Crippen molar-refractivity contribution in [3.63, 3.8) is 0 Å². The number of carboxylic acid groups (broad SMARTS) is 1. The highest BCUT2D eigenvalue weighted by Crippen LogP contribution is 2.45. The van der Waals surface area contributed by atoms with Crippen LogP contribution in [0.2, 0.25) is 0 Å². The van der Waals surface area contributed by atoms with Crippen LogP contribution in [0.3, 0.4) is 0 Å². The van der Waals surface area contributed by atoms with Gasteiger partial charge in [-0.05, 0) is 67.5 Å². The first-order valence-corrected chi connectivity index (χ1v) is 16.9. The number of carbonyl (C=O) groups is 3. The maximum Gasteiger partial charge on any atom is 0.425 e. The van der Waals surface area contributed by atoms with Crippen LogP contribution in [-0.2, 0) is 28.4 Å². The van der Waals surface area contributed by atoms with E-state index in [-0.39, 0.29) is 63.8 Å². The number of halogens is 7. The van der Waals surface area contributed by atoms with Crippen LogP contribution in [0, 0.1) is 5.82 Å². The van der Waals surface area contributed by atoms with E-state index in [9.17, 15) is 45.4 Å². The summed E-state index contributed by atoms with van der Waals surface area (Å²) in [5, 5.41) is 10.4. The molecular weight excluding hydrogens is 695 g/mol. The number of piperidine rings is 1. The molecule has 0 spiro atoms. The van der Waals surface area contributed by atoms with Crippen LogP contribution in [0.25, 0.3) is 0 Å². The zero-order valence-electron chi connectivity index (χ0n) is 26.8. The standard InChI is InChI=1S/C34H34F7N3O5S/c1-2-6-26-32(49-22-18-27(50-19-22)34(39,40)41,13-5-15-44(26)30(47)29-24(33(36,37)38)7-4-14-42-29)31(48)43-16-12-20-10-11-21(35)17-23(20)25(43)8-3-9-28(45)46/h4,7,10-11,14,17-19,25-26H,2-3,5-6,8-9,12-13,15-16H2,1H3,(H,45,46)/t25-,26-,32+/m1/s1. The number of hydrogen-bond acceptors (Lipinski definition) is 6. The lowest BCUT2D eigenvalue weighted by Crippen LogP contribution is -2.68. The number of benzene rings is 1. The van der Waals surface area contributed by atoms with E-state index in [1.807, 2.05) is 0 Å². The maximum absolute atomic E-state index is 15.1. The SMILES string of the molecule is CCC[C@H]1N(C(=O)c2ncccc2C(F)(F)F)CCC[C@@]1(Oc1csc(C(F)(F)F)c1)C(=O)N1CCc2ccc(F)cc2[C@H]1CCCC(=O)O. The van der Waals surface area contributed by atoms with Crippen molar-refractivity contribution in [3.8, 4) is 5.75 Å². The van der Waals surface area contributed by atoms with Crippen molar-refractivity contribution in [2.75, 3.05) is 13.1 Å². The molecule has 1 fully saturated rings. The highest BCUT2D eigenvalue weighted by molar-refractivity contribution is 7.10. The number of ether oxygens (including phenoxy) is 1. The number of thiophene rings is 1. The molecule has 8 nitrogen and oxygen atoms in total. The number of nitrogens with zero attached hydrogens (tertiary/aromatic N) is 3. The van der Waals surface area contributed by atoms with Crippen LogP contribution >= 0.6 is 11.3 Å². The van der Waals surface area contributed by atoms with Gasteiger partial charge in [0.15, 0.2) is 0 Å². The zero-order valence-corrected chi connectivity index (χ0v) is 27.6. The van der Waals surface area contributed by atoms with Crippen LogP contribution in [0.5, 0.6) is 5.75 Å². The van der Waals surface area contributed by atoms with Crippen LogP contribution in [0.1, 0.15) is 90.0 Å². The van der Waals surface area contributed by atoms with Crippen LogP contribution in [0.4, 0.5) is 30.7 Å². The van der Waals surface area contributed by atoms with Gasteiger partial charge in [0.25, 0.3) is 11.8 Å². The predicted molar refractivity (Wildman–Crippen MR) is 167 cm³/mol.